The Morgan fingerprint density at radius 2 is 2.30 bits per heavy atom. The molecule has 1 aromatic carbocycles. The van der Waals surface area contributed by atoms with Gasteiger partial charge in [0, 0.05) is 13.0 Å². The van der Waals surface area contributed by atoms with E-state index in [1.165, 1.54) is 12.1 Å². The van der Waals surface area contributed by atoms with Gasteiger partial charge in [-0.25, -0.2) is 4.39 Å². The first-order valence-electron chi connectivity index (χ1n) is 7.47. The Labute approximate surface area is 120 Å². The Balaban J connectivity index is 2.14. The summed E-state index contributed by atoms with van der Waals surface area (Å²) in [5.74, 6) is 0.307. The summed E-state index contributed by atoms with van der Waals surface area (Å²) in [4.78, 5) is 12.7. The molecule has 0 saturated heterocycles. The summed E-state index contributed by atoms with van der Waals surface area (Å²) in [6.07, 6.45) is 4.01. The number of benzene rings is 1. The zero-order chi connectivity index (χ0) is 14.6. The Morgan fingerprint density at radius 1 is 1.50 bits per heavy atom. The average molecular weight is 278 g/mol. The van der Waals surface area contributed by atoms with Gasteiger partial charge in [0.15, 0.2) is 5.78 Å². The van der Waals surface area contributed by atoms with Crippen molar-refractivity contribution in [1.29, 1.82) is 0 Å². The summed E-state index contributed by atoms with van der Waals surface area (Å²) >= 11 is 0. The number of ketones is 1. The maximum atomic E-state index is 13.2. The van der Waals surface area contributed by atoms with Gasteiger partial charge in [0.25, 0.3) is 0 Å². The zero-order valence-corrected chi connectivity index (χ0v) is 12.3. The van der Waals surface area contributed by atoms with E-state index in [1.54, 1.807) is 12.1 Å². The topological polar surface area (TPSA) is 26.3 Å². The monoisotopic (exact) mass is 278 g/mol. The van der Waals surface area contributed by atoms with Crippen LogP contribution in [0.2, 0.25) is 0 Å². The van der Waals surface area contributed by atoms with Crippen LogP contribution in [0.15, 0.2) is 24.3 Å². The van der Waals surface area contributed by atoms with Gasteiger partial charge < -0.3 is 4.74 Å². The molecule has 2 atom stereocenters. The second-order valence-electron chi connectivity index (χ2n) is 5.86. The lowest BCUT2D eigenvalue weighted by Gasteiger charge is -2.38. The number of rotatable bonds is 5. The molecular formula is C17H23FO2. The molecule has 0 heterocycles. The van der Waals surface area contributed by atoms with Gasteiger partial charge in [-0.2, -0.15) is 0 Å². The van der Waals surface area contributed by atoms with Crippen LogP contribution in [0, 0.1) is 11.7 Å². The maximum absolute atomic E-state index is 13.2. The number of halogens is 1. The Morgan fingerprint density at radius 3 is 2.95 bits per heavy atom. The van der Waals surface area contributed by atoms with Crippen molar-refractivity contribution in [3.8, 4) is 0 Å². The molecule has 1 aromatic rings. The van der Waals surface area contributed by atoms with Crippen molar-refractivity contribution in [2.75, 3.05) is 6.61 Å². The van der Waals surface area contributed by atoms with Crippen LogP contribution in [0.3, 0.4) is 0 Å². The molecule has 1 aliphatic carbocycles. The molecule has 0 aromatic heterocycles. The van der Waals surface area contributed by atoms with E-state index in [9.17, 15) is 9.18 Å². The zero-order valence-electron chi connectivity index (χ0n) is 12.3. The van der Waals surface area contributed by atoms with Crippen LogP contribution in [0.1, 0.15) is 45.1 Å². The highest BCUT2D eigenvalue weighted by atomic mass is 19.1. The first-order chi connectivity index (χ1) is 9.55. The van der Waals surface area contributed by atoms with E-state index in [2.05, 4.69) is 6.92 Å². The summed E-state index contributed by atoms with van der Waals surface area (Å²) in [5, 5.41) is 0. The van der Waals surface area contributed by atoms with Gasteiger partial charge in [-0.05, 0) is 49.8 Å². The number of carbonyl (C=O) groups excluding carboxylic acids is 1. The Bertz CT molecular complexity index is 468. The van der Waals surface area contributed by atoms with E-state index in [0.717, 1.165) is 31.2 Å². The number of ether oxygens (including phenoxy) is 1. The first-order valence-corrected chi connectivity index (χ1v) is 7.47. The lowest BCUT2D eigenvalue weighted by Crippen LogP contribution is -2.46. The molecular weight excluding hydrogens is 255 g/mol. The minimum atomic E-state index is -0.654. The van der Waals surface area contributed by atoms with Gasteiger partial charge in [0.05, 0.1) is 0 Å². The van der Waals surface area contributed by atoms with Gasteiger partial charge in [-0.3, -0.25) is 4.79 Å². The highest BCUT2D eigenvalue weighted by molar-refractivity contribution is 5.89. The van der Waals surface area contributed by atoms with E-state index in [0.29, 0.717) is 12.5 Å². The largest absolute Gasteiger partial charge is 0.367 e. The van der Waals surface area contributed by atoms with Crippen LogP contribution in [0.5, 0.6) is 0 Å². The fourth-order valence-electron chi connectivity index (χ4n) is 3.24. The van der Waals surface area contributed by atoms with Crippen molar-refractivity contribution < 1.29 is 13.9 Å². The minimum absolute atomic E-state index is 0.0940. The Kier molecular flexibility index (Phi) is 4.92. The van der Waals surface area contributed by atoms with Gasteiger partial charge in [-0.1, -0.05) is 25.5 Å². The summed E-state index contributed by atoms with van der Waals surface area (Å²) in [6, 6.07) is 6.28. The van der Waals surface area contributed by atoms with E-state index < -0.39 is 5.60 Å². The lowest BCUT2D eigenvalue weighted by atomic mass is 9.75. The minimum Gasteiger partial charge on any atom is -0.367 e. The standard InChI is InChI=1S/C17H23FO2/c1-3-20-17(9-5-6-13(2)12-17)16(19)11-14-7-4-8-15(18)10-14/h4,7-8,10,13H,3,5-6,9,11-12H2,1-2H3. The Hall–Kier alpha value is -1.22. The number of carbonyl (C=O) groups is 1. The SMILES string of the molecule is CCOC1(C(=O)Cc2cccc(F)c2)CCCC(C)C1. The summed E-state index contributed by atoms with van der Waals surface area (Å²) in [6.45, 7) is 4.64. The molecule has 3 heteroatoms. The second-order valence-corrected chi connectivity index (χ2v) is 5.86. The predicted molar refractivity (Wildman–Crippen MR) is 77.1 cm³/mol. The molecule has 2 rings (SSSR count). The number of Topliss-reactive ketones (excluding diaryl/α,β-unsaturated/α-hetero) is 1. The molecule has 0 aliphatic heterocycles. The average Bonchev–Trinajstić information content (AvgIpc) is 2.39. The van der Waals surface area contributed by atoms with E-state index in [4.69, 9.17) is 4.74 Å². The maximum Gasteiger partial charge on any atom is 0.168 e. The van der Waals surface area contributed by atoms with Crippen molar-refractivity contribution in [2.45, 2.75) is 51.6 Å². The highest BCUT2D eigenvalue weighted by Crippen LogP contribution is 2.36. The summed E-state index contributed by atoms with van der Waals surface area (Å²) in [5.41, 5.74) is 0.0750. The van der Waals surface area contributed by atoms with Crippen molar-refractivity contribution in [3.63, 3.8) is 0 Å². The van der Waals surface area contributed by atoms with Gasteiger partial charge >= 0.3 is 0 Å². The molecule has 20 heavy (non-hydrogen) atoms. The van der Waals surface area contributed by atoms with Gasteiger partial charge in [-0.15, -0.1) is 0 Å². The fourth-order valence-corrected chi connectivity index (χ4v) is 3.24. The van der Waals surface area contributed by atoms with Gasteiger partial charge in [0.2, 0.25) is 0 Å². The number of hydrogen-bond donors (Lipinski definition) is 0. The van der Waals surface area contributed by atoms with Crippen molar-refractivity contribution in [2.24, 2.45) is 5.92 Å². The third-order valence-electron chi connectivity index (χ3n) is 4.14. The third-order valence-corrected chi connectivity index (χ3v) is 4.14. The number of hydrogen-bond acceptors (Lipinski definition) is 2. The van der Waals surface area contributed by atoms with Crippen LogP contribution >= 0.6 is 0 Å². The van der Waals surface area contributed by atoms with Crippen LogP contribution in [-0.4, -0.2) is 18.0 Å². The van der Waals surface area contributed by atoms with Crippen LogP contribution in [0.25, 0.3) is 0 Å². The summed E-state index contributed by atoms with van der Waals surface area (Å²) in [7, 11) is 0. The molecule has 0 radical (unpaired) electrons. The van der Waals surface area contributed by atoms with E-state index >= 15 is 0 Å². The quantitative estimate of drug-likeness (QED) is 0.816. The first kappa shape index (κ1) is 15.2. The lowest BCUT2D eigenvalue weighted by molar-refractivity contribution is -0.150. The van der Waals surface area contributed by atoms with Crippen molar-refractivity contribution in [3.05, 3.63) is 35.6 Å². The fraction of sp³-hybridized carbons (Fsp3) is 0.588. The van der Waals surface area contributed by atoms with Crippen molar-refractivity contribution >= 4 is 5.78 Å². The molecule has 2 unspecified atom stereocenters. The second kappa shape index (κ2) is 6.49. The molecule has 0 spiro atoms. The molecule has 1 saturated carbocycles. The molecule has 1 fully saturated rings. The smallest absolute Gasteiger partial charge is 0.168 e. The van der Waals surface area contributed by atoms with Gasteiger partial charge in [0.1, 0.15) is 11.4 Å². The van der Waals surface area contributed by atoms with Crippen molar-refractivity contribution in [1.82, 2.24) is 0 Å². The molecule has 0 N–H and O–H groups in total. The predicted octanol–water partition coefficient (Wildman–Crippen LogP) is 3.92. The third kappa shape index (κ3) is 3.45. The van der Waals surface area contributed by atoms with E-state index in [1.807, 2.05) is 6.92 Å². The molecule has 0 amide bonds. The van der Waals surface area contributed by atoms with Crippen LogP contribution in [0.4, 0.5) is 4.39 Å². The molecule has 0 bridgehead atoms. The van der Waals surface area contributed by atoms with Crippen LogP contribution in [-0.2, 0) is 16.0 Å². The summed E-state index contributed by atoms with van der Waals surface area (Å²) < 4.78 is 19.1. The molecule has 1 aliphatic rings. The molecule has 2 nitrogen and oxygen atoms in total. The molecule has 110 valence electrons. The normalized spacial score (nSPS) is 26.4. The highest BCUT2D eigenvalue weighted by Gasteiger charge is 2.41. The van der Waals surface area contributed by atoms with E-state index in [-0.39, 0.29) is 18.0 Å². The van der Waals surface area contributed by atoms with Crippen LogP contribution < -0.4 is 0 Å².